The summed E-state index contributed by atoms with van der Waals surface area (Å²) in [6.07, 6.45) is 1.66. The van der Waals surface area contributed by atoms with E-state index in [-0.39, 0.29) is 11.4 Å². The Labute approximate surface area is 216 Å². The molecule has 7 nitrogen and oxygen atoms in total. The van der Waals surface area contributed by atoms with Gasteiger partial charge in [0.25, 0.3) is 0 Å². The van der Waals surface area contributed by atoms with E-state index in [9.17, 15) is 20.2 Å². The molecule has 1 aromatic heterocycles. The van der Waals surface area contributed by atoms with Gasteiger partial charge in [-0.1, -0.05) is 54.6 Å². The van der Waals surface area contributed by atoms with Gasteiger partial charge in [-0.15, -0.1) is 0 Å². The molecule has 4 N–H and O–H groups in total. The third-order valence-corrected chi connectivity index (χ3v) is 7.34. The molecule has 1 heterocycles. The average Bonchev–Trinajstić information content (AvgIpc) is 2.85. The number of phenols is 1. The number of aromatic nitrogens is 1. The van der Waals surface area contributed by atoms with Crippen molar-refractivity contribution in [3.8, 4) is 28.1 Å². The molecule has 0 saturated heterocycles. The Morgan fingerprint density at radius 1 is 0.973 bits per heavy atom. The number of aromatic hydroxyl groups is 1. The van der Waals surface area contributed by atoms with Crippen LogP contribution in [0.2, 0.25) is 0 Å². The van der Waals surface area contributed by atoms with Crippen molar-refractivity contribution in [2.45, 2.75) is 51.1 Å². The number of pyridine rings is 1. The van der Waals surface area contributed by atoms with Crippen LogP contribution in [0.1, 0.15) is 45.6 Å². The van der Waals surface area contributed by atoms with Gasteiger partial charge in [-0.3, -0.25) is 15.6 Å². The van der Waals surface area contributed by atoms with Crippen LogP contribution in [0.3, 0.4) is 0 Å². The van der Waals surface area contributed by atoms with Gasteiger partial charge in [-0.25, -0.2) is 9.78 Å². The number of benzene rings is 3. The second kappa shape index (κ2) is 9.09. The summed E-state index contributed by atoms with van der Waals surface area (Å²) in [5.41, 5.74) is 6.16. The number of anilines is 1. The molecule has 1 aliphatic carbocycles. The molecule has 0 atom stereocenters. The Morgan fingerprint density at radius 3 is 2.19 bits per heavy atom. The van der Waals surface area contributed by atoms with Gasteiger partial charge < -0.3 is 10.2 Å². The SMILES string of the molecule is CC(C)(C)N(C(=O)O)C1(c2ccc(-c3nc4ccc(NO)c(O)c4cc3-c3ccccc3)cc2)CCC1. The van der Waals surface area contributed by atoms with Gasteiger partial charge in [0.05, 0.1) is 16.7 Å². The molecule has 0 unspecified atom stereocenters. The molecule has 7 heteroatoms. The van der Waals surface area contributed by atoms with Gasteiger partial charge >= 0.3 is 6.09 Å². The van der Waals surface area contributed by atoms with E-state index in [2.05, 4.69) is 0 Å². The molecule has 37 heavy (non-hydrogen) atoms. The van der Waals surface area contributed by atoms with Gasteiger partial charge in [0.2, 0.25) is 0 Å². The maximum atomic E-state index is 12.3. The van der Waals surface area contributed by atoms with Crippen molar-refractivity contribution in [1.29, 1.82) is 0 Å². The monoisotopic (exact) mass is 497 g/mol. The Kier molecular flexibility index (Phi) is 6.04. The number of hydrogen-bond acceptors (Lipinski definition) is 5. The average molecular weight is 498 g/mol. The molecule has 3 aromatic carbocycles. The number of rotatable bonds is 5. The minimum atomic E-state index is -0.907. The Bertz CT molecular complexity index is 1460. The topological polar surface area (TPSA) is 106 Å². The molecule has 5 rings (SSSR count). The zero-order chi connectivity index (χ0) is 26.4. The molecule has 190 valence electrons. The highest BCUT2D eigenvalue weighted by atomic mass is 16.5. The first-order chi connectivity index (χ1) is 17.7. The van der Waals surface area contributed by atoms with Crippen LogP contribution < -0.4 is 5.48 Å². The lowest BCUT2D eigenvalue weighted by atomic mass is 9.69. The fraction of sp³-hybridized carbons (Fsp3) is 0.267. The number of carboxylic acid groups (broad SMARTS) is 1. The number of carbonyl (C=O) groups is 1. The maximum absolute atomic E-state index is 12.3. The van der Waals surface area contributed by atoms with Crippen LogP contribution in [-0.2, 0) is 5.54 Å². The third-order valence-electron chi connectivity index (χ3n) is 7.34. The number of nitrogens with zero attached hydrogens (tertiary/aromatic N) is 2. The molecule has 0 bridgehead atoms. The maximum Gasteiger partial charge on any atom is 0.408 e. The molecule has 1 saturated carbocycles. The second-order valence-electron chi connectivity index (χ2n) is 10.6. The summed E-state index contributed by atoms with van der Waals surface area (Å²) in [5.74, 6) is -0.0746. The first kappa shape index (κ1) is 24.6. The smallest absolute Gasteiger partial charge is 0.408 e. The zero-order valence-corrected chi connectivity index (χ0v) is 21.2. The summed E-state index contributed by atoms with van der Waals surface area (Å²) in [6, 6.07) is 23.1. The van der Waals surface area contributed by atoms with Crippen LogP contribution in [0.25, 0.3) is 33.3 Å². The van der Waals surface area contributed by atoms with Gasteiger partial charge in [0.1, 0.15) is 11.4 Å². The van der Waals surface area contributed by atoms with E-state index < -0.39 is 17.2 Å². The van der Waals surface area contributed by atoms with Crippen molar-refractivity contribution < 1.29 is 20.2 Å². The van der Waals surface area contributed by atoms with Crippen molar-refractivity contribution in [3.63, 3.8) is 0 Å². The van der Waals surface area contributed by atoms with Crippen molar-refractivity contribution in [2.24, 2.45) is 0 Å². The van der Waals surface area contributed by atoms with Crippen LogP contribution in [0.15, 0.2) is 72.8 Å². The summed E-state index contributed by atoms with van der Waals surface area (Å²) in [5, 5.41) is 30.7. The van der Waals surface area contributed by atoms with E-state index in [1.165, 1.54) is 0 Å². The van der Waals surface area contributed by atoms with Crippen molar-refractivity contribution in [1.82, 2.24) is 9.88 Å². The van der Waals surface area contributed by atoms with E-state index in [0.29, 0.717) is 10.9 Å². The Balaban J connectivity index is 1.65. The normalized spacial score (nSPS) is 14.7. The van der Waals surface area contributed by atoms with Crippen LogP contribution in [0.4, 0.5) is 10.5 Å². The summed E-state index contributed by atoms with van der Waals surface area (Å²) < 4.78 is 0. The molecule has 4 aromatic rings. The minimum absolute atomic E-state index is 0.0746. The van der Waals surface area contributed by atoms with Gasteiger partial charge in [-0.05, 0) is 69.4 Å². The zero-order valence-electron chi connectivity index (χ0n) is 21.2. The van der Waals surface area contributed by atoms with E-state index in [4.69, 9.17) is 4.98 Å². The number of hydrogen-bond donors (Lipinski definition) is 4. The molecular formula is C30H31N3O4. The predicted octanol–water partition coefficient (Wildman–Crippen LogP) is 7.23. The van der Waals surface area contributed by atoms with Gasteiger partial charge in [0.15, 0.2) is 0 Å². The quantitative estimate of drug-likeness (QED) is 0.171. The lowest BCUT2D eigenvalue weighted by Gasteiger charge is -2.54. The molecule has 0 aliphatic heterocycles. The summed E-state index contributed by atoms with van der Waals surface area (Å²) in [6.45, 7) is 5.81. The highest BCUT2D eigenvalue weighted by Gasteiger charge is 2.50. The first-order valence-corrected chi connectivity index (χ1v) is 12.4. The molecule has 0 spiro atoms. The van der Waals surface area contributed by atoms with Gasteiger partial charge in [-0.2, -0.15) is 0 Å². The second-order valence-corrected chi connectivity index (χ2v) is 10.6. The fourth-order valence-corrected chi connectivity index (χ4v) is 5.58. The van der Waals surface area contributed by atoms with Crippen LogP contribution in [-0.4, -0.2) is 36.9 Å². The molecule has 1 aliphatic rings. The largest absolute Gasteiger partial charge is 0.505 e. The highest BCUT2D eigenvalue weighted by Crippen LogP contribution is 2.50. The van der Waals surface area contributed by atoms with E-state index in [1.807, 2.05) is 86.9 Å². The Hall–Kier alpha value is -4.10. The lowest BCUT2D eigenvalue weighted by Crippen LogP contribution is -2.60. The standard InChI is InChI=1S/C30H31N3O4/c1-29(2,3)33(28(35)36)30(16-7-17-30)21-12-10-20(11-13-21)26-22(19-8-5-4-6-9-19)18-23-24(31-26)14-15-25(32-37)27(23)34/h4-6,8-15,18,32,34,37H,7,16-17H2,1-3H3,(H,35,36). The highest BCUT2D eigenvalue weighted by molar-refractivity contribution is 5.97. The van der Waals surface area contributed by atoms with E-state index in [1.54, 1.807) is 17.0 Å². The fourth-order valence-electron chi connectivity index (χ4n) is 5.58. The molecule has 1 amide bonds. The number of phenolic OH excluding ortho intramolecular Hbond substituents is 1. The summed E-state index contributed by atoms with van der Waals surface area (Å²) in [7, 11) is 0. The van der Waals surface area contributed by atoms with E-state index in [0.717, 1.165) is 47.2 Å². The van der Waals surface area contributed by atoms with Crippen LogP contribution in [0, 0.1) is 0 Å². The third kappa shape index (κ3) is 4.15. The van der Waals surface area contributed by atoms with Crippen molar-refractivity contribution in [2.75, 3.05) is 5.48 Å². The van der Waals surface area contributed by atoms with E-state index >= 15 is 0 Å². The summed E-state index contributed by atoms with van der Waals surface area (Å²) in [4.78, 5) is 18.8. The van der Waals surface area contributed by atoms with Crippen molar-refractivity contribution in [3.05, 3.63) is 78.4 Å². The molecule has 1 fully saturated rings. The van der Waals surface area contributed by atoms with Crippen molar-refractivity contribution >= 4 is 22.7 Å². The first-order valence-electron chi connectivity index (χ1n) is 12.4. The molecule has 0 radical (unpaired) electrons. The van der Waals surface area contributed by atoms with Crippen LogP contribution in [0.5, 0.6) is 5.75 Å². The molecular weight excluding hydrogens is 466 g/mol. The van der Waals surface area contributed by atoms with Gasteiger partial charge in [0, 0.05) is 22.1 Å². The summed E-state index contributed by atoms with van der Waals surface area (Å²) >= 11 is 0. The minimum Gasteiger partial charge on any atom is -0.505 e. The number of fused-ring (bicyclic) bond motifs is 1. The Morgan fingerprint density at radius 2 is 1.65 bits per heavy atom. The number of nitrogens with one attached hydrogen (secondary N) is 1. The predicted molar refractivity (Wildman–Crippen MR) is 145 cm³/mol. The lowest BCUT2D eigenvalue weighted by molar-refractivity contribution is -0.0328. The number of amides is 1. The van der Waals surface area contributed by atoms with Crippen LogP contribution >= 0.6 is 0 Å².